The lowest BCUT2D eigenvalue weighted by Crippen LogP contribution is -2.46. The largest absolute Gasteiger partial charge is 0.497 e. The van der Waals surface area contributed by atoms with Crippen molar-refractivity contribution in [2.24, 2.45) is 0 Å². The number of rotatable bonds is 6. The summed E-state index contributed by atoms with van der Waals surface area (Å²) in [6, 6.07) is 11.3. The summed E-state index contributed by atoms with van der Waals surface area (Å²) in [7, 11) is 1.56. The van der Waals surface area contributed by atoms with Crippen molar-refractivity contribution >= 4 is 35.0 Å². The molecule has 0 aliphatic carbocycles. The molecule has 0 radical (unpaired) electrons. The maximum Gasteiger partial charge on any atom is 0.270 e. The van der Waals surface area contributed by atoms with Gasteiger partial charge in [-0.1, -0.05) is 12.1 Å². The molecule has 0 fully saturated rings. The molecule has 1 atom stereocenters. The van der Waals surface area contributed by atoms with E-state index in [4.69, 9.17) is 9.94 Å². The van der Waals surface area contributed by atoms with E-state index in [1.165, 1.54) is 40.3 Å². The maximum absolute atomic E-state index is 13.0. The summed E-state index contributed by atoms with van der Waals surface area (Å²) in [4.78, 5) is 37.0. The highest BCUT2D eigenvalue weighted by Crippen LogP contribution is 2.42. The summed E-state index contributed by atoms with van der Waals surface area (Å²) in [6.45, 7) is -0.389. The number of anilines is 1. The lowest BCUT2D eigenvalue weighted by molar-refractivity contribution is -0.385. The topological polar surface area (TPSA) is 122 Å². The molecule has 0 saturated carbocycles. The van der Waals surface area contributed by atoms with Gasteiger partial charge in [-0.3, -0.25) is 24.9 Å². The molecular formula is C18H17N3O6S. The number of nitrogens with zero attached hydrogens (tertiary/aromatic N) is 2. The fourth-order valence-corrected chi connectivity index (χ4v) is 4.17. The molecule has 0 saturated heterocycles. The van der Waals surface area contributed by atoms with E-state index in [-0.39, 0.29) is 18.1 Å². The van der Waals surface area contributed by atoms with Crippen LogP contribution in [0, 0.1) is 10.1 Å². The highest BCUT2D eigenvalue weighted by molar-refractivity contribution is 8.01. The second-order valence-corrected chi connectivity index (χ2v) is 7.27. The van der Waals surface area contributed by atoms with E-state index in [9.17, 15) is 19.7 Å². The zero-order valence-electron chi connectivity index (χ0n) is 14.8. The van der Waals surface area contributed by atoms with Gasteiger partial charge in [-0.05, 0) is 30.2 Å². The predicted octanol–water partition coefficient (Wildman–Crippen LogP) is 2.16. The number of non-ortho nitro benzene ring substituents is 1. The van der Waals surface area contributed by atoms with Gasteiger partial charge in [-0.2, -0.15) is 0 Å². The molecule has 1 aliphatic rings. The number of amides is 2. The van der Waals surface area contributed by atoms with Crippen LogP contribution in [-0.4, -0.2) is 40.8 Å². The number of thioether (sulfide) groups is 1. The summed E-state index contributed by atoms with van der Waals surface area (Å²) in [5.41, 5.74) is 2.69. The minimum atomic E-state index is -0.757. The minimum absolute atomic E-state index is 0.102. The van der Waals surface area contributed by atoms with Crippen molar-refractivity contribution < 1.29 is 24.5 Å². The quantitative estimate of drug-likeness (QED) is 0.430. The van der Waals surface area contributed by atoms with Crippen molar-refractivity contribution in [2.45, 2.75) is 16.6 Å². The van der Waals surface area contributed by atoms with Crippen molar-refractivity contribution in [1.29, 1.82) is 0 Å². The molecule has 1 unspecified atom stereocenters. The summed E-state index contributed by atoms with van der Waals surface area (Å²) < 4.78 is 5.12. The number of nitro benzene ring substituents is 1. The van der Waals surface area contributed by atoms with Crippen LogP contribution in [0.1, 0.15) is 5.56 Å². The first-order chi connectivity index (χ1) is 13.4. The Morgan fingerprint density at radius 2 is 2.04 bits per heavy atom. The second kappa shape index (κ2) is 8.28. The van der Waals surface area contributed by atoms with Gasteiger partial charge in [0, 0.05) is 17.0 Å². The predicted molar refractivity (Wildman–Crippen MR) is 102 cm³/mol. The number of nitro groups is 1. The van der Waals surface area contributed by atoms with Gasteiger partial charge < -0.3 is 9.64 Å². The smallest absolute Gasteiger partial charge is 0.270 e. The maximum atomic E-state index is 13.0. The van der Waals surface area contributed by atoms with Crippen molar-refractivity contribution in [3.05, 3.63) is 58.1 Å². The third kappa shape index (κ3) is 4.07. The number of fused-ring (bicyclic) bond motifs is 1. The van der Waals surface area contributed by atoms with E-state index in [1.807, 2.05) is 12.1 Å². The molecule has 0 bridgehead atoms. The van der Waals surface area contributed by atoms with Crippen LogP contribution in [-0.2, 0) is 16.0 Å². The Balaban J connectivity index is 1.93. The number of hydroxylamine groups is 1. The summed E-state index contributed by atoms with van der Waals surface area (Å²) in [6.07, 6.45) is 0.368. The van der Waals surface area contributed by atoms with E-state index in [1.54, 1.807) is 19.2 Å². The van der Waals surface area contributed by atoms with Crippen LogP contribution in [0.3, 0.4) is 0 Å². The SMILES string of the molecule is COc1ccc(CC2Sc3cc([N+](=O)[O-])ccc3N(CC(=O)NO)C2=O)cc1. The third-order valence-corrected chi connectivity index (χ3v) is 5.50. The van der Waals surface area contributed by atoms with Crippen molar-refractivity contribution in [1.82, 2.24) is 5.48 Å². The molecule has 2 aromatic carbocycles. The van der Waals surface area contributed by atoms with E-state index >= 15 is 0 Å². The molecule has 0 aromatic heterocycles. The van der Waals surface area contributed by atoms with E-state index in [0.29, 0.717) is 22.8 Å². The normalized spacial score (nSPS) is 15.7. The van der Waals surface area contributed by atoms with Gasteiger partial charge in [-0.25, -0.2) is 5.48 Å². The molecule has 3 rings (SSSR count). The highest BCUT2D eigenvalue weighted by atomic mass is 32.2. The van der Waals surface area contributed by atoms with Crippen LogP contribution >= 0.6 is 11.8 Å². The number of methoxy groups -OCH3 is 1. The van der Waals surface area contributed by atoms with Crippen LogP contribution < -0.4 is 15.1 Å². The van der Waals surface area contributed by atoms with Crippen LogP contribution in [0.2, 0.25) is 0 Å². The van der Waals surface area contributed by atoms with Gasteiger partial charge >= 0.3 is 0 Å². The average Bonchev–Trinajstić information content (AvgIpc) is 2.70. The number of nitrogens with one attached hydrogen (secondary N) is 1. The first-order valence-corrected chi connectivity index (χ1v) is 9.13. The Morgan fingerprint density at radius 1 is 1.32 bits per heavy atom. The van der Waals surface area contributed by atoms with Crippen LogP contribution in [0.4, 0.5) is 11.4 Å². The standard InChI is InChI=1S/C18H17N3O6S/c1-27-13-5-2-11(3-6-13)8-16-18(23)20(10-17(22)19-24)14-7-4-12(21(25)26)9-15(14)28-16/h2-7,9,16,24H,8,10H2,1H3,(H,19,22). The lowest BCUT2D eigenvalue weighted by atomic mass is 10.1. The molecule has 1 aliphatic heterocycles. The number of hydrogen-bond donors (Lipinski definition) is 2. The van der Waals surface area contributed by atoms with Crippen molar-refractivity contribution in [2.75, 3.05) is 18.6 Å². The van der Waals surface area contributed by atoms with Crippen molar-refractivity contribution in [3.8, 4) is 5.75 Å². The lowest BCUT2D eigenvalue weighted by Gasteiger charge is -2.33. The van der Waals surface area contributed by atoms with Gasteiger partial charge in [0.1, 0.15) is 12.3 Å². The Hall–Kier alpha value is -3.11. The Kier molecular flexibility index (Phi) is 5.81. The third-order valence-electron chi connectivity index (χ3n) is 4.26. The van der Waals surface area contributed by atoms with Crippen LogP contribution in [0.15, 0.2) is 47.4 Å². The molecule has 0 spiro atoms. The van der Waals surface area contributed by atoms with Gasteiger partial charge in [0.05, 0.1) is 23.0 Å². The molecule has 28 heavy (non-hydrogen) atoms. The molecule has 1 heterocycles. The van der Waals surface area contributed by atoms with Crippen molar-refractivity contribution in [3.63, 3.8) is 0 Å². The molecule has 2 aromatic rings. The summed E-state index contributed by atoms with van der Waals surface area (Å²) in [5.74, 6) is -0.382. The number of carbonyl (C=O) groups is 2. The number of ether oxygens (including phenoxy) is 1. The molecular weight excluding hydrogens is 386 g/mol. The van der Waals surface area contributed by atoms with Crippen LogP contribution in [0.25, 0.3) is 0 Å². The van der Waals surface area contributed by atoms with Gasteiger partial charge in [-0.15, -0.1) is 11.8 Å². The first kappa shape index (κ1) is 19.6. The molecule has 10 heteroatoms. The summed E-state index contributed by atoms with van der Waals surface area (Å²) in [5, 5.41) is 19.3. The number of benzene rings is 2. The second-order valence-electron chi connectivity index (χ2n) is 6.03. The van der Waals surface area contributed by atoms with E-state index < -0.39 is 16.1 Å². The zero-order chi connectivity index (χ0) is 20.3. The van der Waals surface area contributed by atoms with Gasteiger partial charge in [0.15, 0.2) is 0 Å². The summed E-state index contributed by atoms with van der Waals surface area (Å²) >= 11 is 1.22. The highest BCUT2D eigenvalue weighted by Gasteiger charge is 2.35. The number of carbonyl (C=O) groups excluding carboxylic acids is 2. The van der Waals surface area contributed by atoms with Gasteiger partial charge in [0.25, 0.3) is 11.6 Å². The Bertz CT molecular complexity index is 918. The molecule has 2 amide bonds. The first-order valence-electron chi connectivity index (χ1n) is 8.25. The zero-order valence-corrected chi connectivity index (χ0v) is 15.6. The van der Waals surface area contributed by atoms with E-state index in [0.717, 1.165) is 5.56 Å². The van der Waals surface area contributed by atoms with Gasteiger partial charge in [0.2, 0.25) is 5.91 Å². The average molecular weight is 403 g/mol. The Labute approximate surface area is 164 Å². The minimum Gasteiger partial charge on any atom is -0.497 e. The van der Waals surface area contributed by atoms with Crippen LogP contribution in [0.5, 0.6) is 5.75 Å². The Morgan fingerprint density at radius 3 is 2.64 bits per heavy atom. The fourth-order valence-electron chi connectivity index (χ4n) is 2.88. The van der Waals surface area contributed by atoms with E-state index in [2.05, 4.69) is 0 Å². The number of hydrogen-bond acceptors (Lipinski definition) is 7. The molecule has 2 N–H and O–H groups in total. The monoisotopic (exact) mass is 403 g/mol. The fraction of sp³-hybridized carbons (Fsp3) is 0.222. The molecule has 9 nitrogen and oxygen atoms in total. The molecule has 146 valence electrons.